The minimum atomic E-state index is -1.02. The van der Waals surface area contributed by atoms with Crippen molar-refractivity contribution >= 4 is 23.5 Å². The number of nitrogens with zero attached hydrogens (tertiary/aromatic N) is 3. The van der Waals surface area contributed by atoms with Gasteiger partial charge in [0.15, 0.2) is 0 Å². The fourth-order valence-corrected chi connectivity index (χ4v) is 2.82. The lowest BCUT2D eigenvalue weighted by molar-refractivity contribution is -0.123. The molecule has 112 valence electrons. The third-order valence-electron chi connectivity index (χ3n) is 3.94. The number of aryl methyl sites for hydroxylation is 1. The Bertz CT molecular complexity index is 639. The second kappa shape index (κ2) is 4.47. The van der Waals surface area contributed by atoms with E-state index in [2.05, 4.69) is 15.7 Å². The molecule has 2 fully saturated rings. The number of hydrogen-bond donors (Lipinski definition) is 3. The van der Waals surface area contributed by atoms with Gasteiger partial charge in [-0.05, 0) is 13.3 Å². The van der Waals surface area contributed by atoms with Gasteiger partial charge >= 0.3 is 6.03 Å². The number of likely N-dealkylation sites (tertiary alicyclic amines) is 1. The van der Waals surface area contributed by atoms with Crippen LogP contribution in [0.15, 0.2) is 6.20 Å². The average molecular weight is 292 g/mol. The maximum atomic E-state index is 12.6. The molecule has 0 aliphatic carbocycles. The summed E-state index contributed by atoms with van der Waals surface area (Å²) in [5.74, 6) is -0.669. The van der Waals surface area contributed by atoms with Crippen molar-refractivity contribution in [3.8, 4) is 0 Å². The van der Waals surface area contributed by atoms with E-state index in [1.54, 1.807) is 0 Å². The van der Waals surface area contributed by atoms with Gasteiger partial charge in [-0.1, -0.05) is 0 Å². The van der Waals surface area contributed by atoms with Gasteiger partial charge in [-0.3, -0.25) is 19.6 Å². The van der Waals surface area contributed by atoms with Crippen LogP contribution in [0.25, 0.3) is 0 Å². The number of nitrogen functional groups attached to an aromatic ring is 1. The van der Waals surface area contributed by atoms with Gasteiger partial charge in [0.1, 0.15) is 11.2 Å². The topological polar surface area (TPSA) is 122 Å². The third-order valence-corrected chi connectivity index (χ3v) is 3.94. The lowest BCUT2D eigenvalue weighted by Crippen LogP contribution is -2.49. The Labute approximate surface area is 120 Å². The van der Waals surface area contributed by atoms with E-state index in [0.29, 0.717) is 30.9 Å². The smallest absolute Gasteiger partial charge is 0.322 e. The molecule has 9 nitrogen and oxygen atoms in total. The van der Waals surface area contributed by atoms with E-state index < -0.39 is 11.6 Å². The molecule has 0 radical (unpaired) electrons. The van der Waals surface area contributed by atoms with Crippen molar-refractivity contribution in [3.05, 3.63) is 11.9 Å². The Morgan fingerprint density at radius 2 is 2.29 bits per heavy atom. The number of aromatic nitrogens is 2. The monoisotopic (exact) mass is 292 g/mol. The average Bonchev–Trinajstić information content (AvgIpc) is 3.09. The first kappa shape index (κ1) is 13.4. The molecule has 1 atom stereocenters. The summed E-state index contributed by atoms with van der Waals surface area (Å²) in [5, 5.41) is 8.85. The second-order valence-corrected chi connectivity index (χ2v) is 5.23. The summed E-state index contributed by atoms with van der Waals surface area (Å²) in [6, 6.07) is -0.521. The Hall–Kier alpha value is -2.58. The van der Waals surface area contributed by atoms with Crippen molar-refractivity contribution in [2.45, 2.75) is 25.4 Å². The van der Waals surface area contributed by atoms with Gasteiger partial charge in [-0.2, -0.15) is 5.10 Å². The minimum Gasteiger partial charge on any atom is -0.396 e. The Balaban J connectivity index is 1.83. The van der Waals surface area contributed by atoms with Crippen LogP contribution in [0.4, 0.5) is 10.5 Å². The summed E-state index contributed by atoms with van der Waals surface area (Å²) in [7, 11) is 0. The first-order valence-electron chi connectivity index (χ1n) is 6.71. The molecule has 1 aromatic heterocycles. The van der Waals surface area contributed by atoms with Crippen LogP contribution in [0.2, 0.25) is 0 Å². The minimum absolute atomic E-state index is 0.137. The van der Waals surface area contributed by atoms with E-state index >= 15 is 0 Å². The summed E-state index contributed by atoms with van der Waals surface area (Å²) in [6.45, 7) is 2.90. The van der Waals surface area contributed by atoms with Crippen molar-refractivity contribution < 1.29 is 14.4 Å². The van der Waals surface area contributed by atoms with E-state index in [1.807, 2.05) is 6.92 Å². The molecule has 0 saturated carbocycles. The highest BCUT2D eigenvalue weighted by atomic mass is 16.2. The molecular weight excluding hydrogens is 276 g/mol. The molecule has 0 bridgehead atoms. The molecule has 3 rings (SSSR count). The number of nitrogens with two attached hydrogens (primary N) is 1. The van der Waals surface area contributed by atoms with Crippen molar-refractivity contribution in [3.63, 3.8) is 0 Å². The Morgan fingerprint density at radius 1 is 1.52 bits per heavy atom. The number of imide groups is 1. The summed E-state index contributed by atoms with van der Waals surface area (Å²) in [4.78, 5) is 37.3. The normalized spacial score (nSPS) is 24.5. The van der Waals surface area contributed by atoms with Gasteiger partial charge in [0.05, 0.1) is 18.4 Å². The third kappa shape index (κ3) is 1.92. The van der Waals surface area contributed by atoms with Crippen LogP contribution >= 0.6 is 0 Å². The van der Waals surface area contributed by atoms with Gasteiger partial charge in [0.25, 0.3) is 11.8 Å². The number of carbonyl (C=O) groups excluding carboxylic acids is 3. The molecule has 4 N–H and O–H groups in total. The molecule has 9 heteroatoms. The van der Waals surface area contributed by atoms with Gasteiger partial charge < -0.3 is 16.0 Å². The van der Waals surface area contributed by atoms with Gasteiger partial charge in [0.2, 0.25) is 0 Å². The van der Waals surface area contributed by atoms with Crippen LogP contribution in [0, 0.1) is 0 Å². The summed E-state index contributed by atoms with van der Waals surface area (Å²) < 4.78 is 1.52. The first-order chi connectivity index (χ1) is 9.97. The quantitative estimate of drug-likeness (QED) is 0.598. The number of urea groups is 1. The summed E-state index contributed by atoms with van der Waals surface area (Å²) >= 11 is 0. The molecule has 2 aliphatic rings. The number of anilines is 1. The second-order valence-electron chi connectivity index (χ2n) is 5.23. The van der Waals surface area contributed by atoms with Crippen molar-refractivity contribution in [1.82, 2.24) is 25.3 Å². The molecule has 21 heavy (non-hydrogen) atoms. The SMILES string of the molecule is CCn1ncc(N)c1C(=O)N1CCC2(C1)NC(=O)NC2=O. The highest BCUT2D eigenvalue weighted by Gasteiger charge is 2.52. The first-order valence-corrected chi connectivity index (χ1v) is 6.71. The molecular formula is C12H16N6O3. The molecule has 2 saturated heterocycles. The molecule has 1 spiro atoms. The Morgan fingerprint density at radius 3 is 2.90 bits per heavy atom. The standard InChI is InChI=1S/C12H16N6O3/c1-2-18-8(7(13)5-14-18)9(19)17-4-3-12(6-17)10(20)15-11(21)16-12/h5H,2-4,6,13H2,1H3,(H2,15,16,20,21). The molecule has 0 aromatic carbocycles. The zero-order valence-electron chi connectivity index (χ0n) is 11.5. The van der Waals surface area contributed by atoms with E-state index in [9.17, 15) is 14.4 Å². The van der Waals surface area contributed by atoms with Crippen molar-refractivity contribution in [1.29, 1.82) is 0 Å². The van der Waals surface area contributed by atoms with Crippen molar-refractivity contribution in [2.75, 3.05) is 18.8 Å². The van der Waals surface area contributed by atoms with Crippen LogP contribution in [-0.4, -0.2) is 51.2 Å². The molecule has 1 unspecified atom stereocenters. The molecule has 1 aromatic rings. The van der Waals surface area contributed by atoms with Gasteiger partial charge in [-0.15, -0.1) is 0 Å². The number of nitrogens with one attached hydrogen (secondary N) is 2. The molecule has 3 heterocycles. The van der Waals surface area contributed by atoms with Crippen molar-refractivity contribution in [2.24, 2.45) is 0 Å². The van der Waals surface area contributed by atoms with Gasteiger partial charge in [-0.25, -0.2) is 4.79 Å². The fourth-order valence-electron chi connectivity index (χ4n) is 2.82. The molecule has 4 amide bonds. The number of amides is 4. The fraction of sp³-hybridized carbons (Fsp3) is 0.500. The lowest BCUT2D eigenvalue weighted by atomic mass is 9.99. The van der Waals surface area contributed by atoms with E-state index in [0.717, 1.165) is 0 Å². The highest BCUT2D eigenvalue weighted by molar-refractivity contribution is 6.08. The Kier molecular flexibility index (Phi) is 2.85. The summed E-state index contributed by atoms with van der Waals surface area (Å²) in [5.41, 5.74) is 5.41. The molecule has 2 aliphatic heterocycles. The maximum Gasteiger partial charge on any atom is 0.322 e. The van der Waals surface area contributed by atoms with E-state index in [-0.39, 0.29) is 18.4 Å². The van der Waals surface area contributed by atoms with Crippen LogP contribution in [0.5, 0.6) is 0 Å². The van der Waals surface area contributed by atoms with Crippen LogP contribution in [0.1, 0.15) is 23.8 Å². The van der Waals surface area contributed by atoms with Crippen LogP contribution in [-0.2, 0) is 11.3 Å². The highest BCUT2D eigenvalue weighted by Crippen LogP contribution is 2.27. The zero-order chi connectivity index (χ0) is 15.2. The number of rotatable bonds is 2. The zero-order valence-corrected chi connectivity index (χ0v) is 11.5. The van der Waals surface area contributed by atoms with E-state index in [1.165, 1.54) is 15.8 Å². The van der Waals surface area contributed by atoms with Crippen LogP contribution < -0.4 is 16.4 Å². The maximum absolute atomic E-state index is 12.6. The van der Waals surface area contributed by atoms with E-state index in [4.69, 9.17) is 5.73 Å². The van der Waals surface area contributed by atoms with Gasteiger partial charge in [0, 0.05) is 13.1 Å². The largest absolute Gasteiger partial charge is 0.396 e. The number of hydrogen-bond acceptors (Lipinski definition) is 5. The lowest BCUT2D eigenvalue weighted by Gasteiger charge is -2.21. The number of carbonyl (C=O) groups is 3. The van der Waals surface area contributed by atoms with Crippen LogP contribution in [0.3, 0.4) is 0 Å². The predicted octanol–water partition coefficient (Wildman–Crippen LogP) is -1.09. The predicted molar refractivity (Wildman–Crippen MR) is 72.2 cm³/mol. The summed E-state index contributed by atoms with van der Waals surface area (Å²) in [6.07, 6.45) is 1.82.